The molecule has 0 spiro atoms. The predicted molar refractivity (Wildman–Crippen MR) is 99.8 cm³/mol. The molecule has 0 bridgehead atoms. The number of nitrogens with zero attached hydrogens (tertiary/aromatic N) is 2. The number of rotatable bonds is 5. The first kappa shape index (κ1) is 20.0. The summed E-state index contributed by atoms with van der Waals surface area (Å²) >= 11 is 0. The molecule has 0 unspecified atom stereocenters. The van der Waals surface area contributed by atoms with E-state index in [1.165, 1.54) is 30.5 Å². The lowest BCUT2D eigenvalue weighted by molar-refractivity contribution is -0.137. The summed E-state index contributed by atoms with van der Waals surface area (Å²) in [6.07, 6.45) is -1.27. The lowest BCUT2D eigenvalue weighted by Gasteiger charge is -2.09. The molecular weight excluding hydrogens is 387 g/mol. The van der Waals surface area contributed by atoms with Crippen molar-refractivity contribution >= 4 is 12.1 Å². The highest BCUT2D eigenvalue weighted by atomic mass is 19.4. The van der Waals surface area contributed by atoms with Gasteiger partial charge in [-0.25, -0.2) is 5.43 Å². The van der Waals surface area contributed by atoms with Crippen LogP contribution in [-0.2, 0) is 12.7 Å². The molecule has 1 heterocycles. The van der Waals surface area contributed by atoms with Gasteiger partial charge < -0.3 is 14.8 Å². The summed E-state index contributed by atoms with van der Waals surface area (Å²) in [5, 5.41) is 22.7. The number of hydrogen-bond donors (Lipinski definition) is 3. The monoisotopic (exact) mass is 403 g/mol. The smallest absolute Gasteiger partial charge is 0.416 e. The van der Waals surface area contributed by atoms with Crippen LogP contribution >= 0.6 is 0 Å². The van der Waals surface area contributed by atoms with Crippen LogP contribution in [0.5, 0.6) is 11.5 Å². The molecule has 1 aromatic heterocycles. The van der Waals surface area contributed by atoms with E-state index in [-0.39, 0.29) is 17.1 Å². The van der Waals surface area contributed by atoms with E-state index < -0.39 is 17.6 Å². The lowest BCUT2D eigenvalue weighted by atomic mass is 10.1. The maximum absolute atomic E-state index is 12.6. The molecule has 3 aromatic rings. The number of phenols is 2. The zero-order valence-electron chi connectivity index (χ0n) is 14.9. The molecule has 3 N–H and O–H groups in total. The van der Waals surface area contributed by atoms with Crippen LogP contribution in [0.1, 0.15) is 27.2 Å². The van der Waals surface area contributed by atoms with Crippen molar-refractivity contribution in [1.82, 2.24) is 9.99 Å². The van der Waals surface area contributed by atoms with Crippen LogP contribution in [0.2, 0.25) is 0 Å². The van der Waals surface area contributed by atoms with Crippen LogP contribution in [0.15, 0.2) is 65.9 Å². The van der Waals surface area contributed by atoms with Crippen LogP contribution in [0.25, 0.3) is 0 Å². The first-order valence-electron chi connectivity index (χ1n) is 8.40. The number of hydrazone groups is 1. The molecule has 0 saturated heterocycles. The van der Waals surface area contributed by atoms with E-state index in [9.17, 15) is 28.2 Å². The normalized spacial score (nSPS) is 11.7. The van der Waals surface area contributed by atoms with E-state index >= 15 is 0 Å². The highest BCUT2D eigenvalue weighted by molar-refractivity contribution is 5.95. The van der Waals surface area contributed by atoms with Gasteiger partial charge in [0.15, 0.2) is 0 Å². The number of halogens is 3. The molecule has 0 radical (unpaired) electrons. The van der Waals surface area contributed by atoms with Gasteiger partial charge in [-0.3, -0.25) is 4.79 Å². The topological polar surface area (TPSA) is 86.9 Å². The summed E-state index contributed by atoms with van der Waals surface area (Å²) in [6.45, 7) is 0.320. The highest BCUT2D eigenvalue weighted by Crippen LogP contribution is 2.29. The number of alkyl halides is 3. The molecule has 0 aliphatic carbocycles. The van der Waals surface area contributed by atoms with Gasteiger partial charge in [-0.15, -0.1) is 0 Å². The minimum Gasteiger partial charge on any atom is -0.508 e. The third kappa shape index (κ3) is 5.16. The molecule has 6 nitrogen and oxygen atoms in total. The largest absolute Gasteiger partial charge is 0.508 e. The van der Waals surface area contributed by atoms with Gasteiger partial charge in [-0.1, -0.05) is 12.1 Å². The Labute approximate surface area is 163 Å². The maximum atomic E-state index is 12.6. The average molecular weight is 403 g/mol. The molecule has 0 atom stereocenters. The van der Waals surface area contributed by atoms with Crippen LogP contribution in [0, 0.1) is 0 Å². The molecule has 9 heteroatoms. The Morgan fingerprint density at radius 3 is 2.34 bits per heavy atom. The van der Waals surface area contributed by atoms with Crippen molar-refractivity contribution in [3.8, 4) is 11.5 Å². The van der Waals surface area contributed by atoms with E-state index in [0.29, 0.717) is 17.8 Å². The fourth-order valence-corrected chi connectivity index (χ4v) is 2.63. The minimum absolute atomic E-state index is 0.0276. The number of aromatic hydroxyl groups is 2. The Hall–Kier alpha value is -3.75. The summed E-state index contributed by atoms with van der Waals surface area (Å²) in [5.41, 5.74) is 2.88. The van der Waals surface area contributed by atoms with Crippen LogP contribution in [-0.4, -0.2) is 26.9 Å². The van der Waals surface area contributed by atoms with Crippen molar-refractivity contribution in [3.63, 3.8) is 0 Å². The Kier molecular flexibility index (Phi) is 5.58. The van der Waals surface area contributed by atoms with E-state index in [0.717, 1.165) is 18.2 Å². The van der Waals surface area contributed by atoms with E-state index in [1.54, 1.807) is 22.9 Å². The predicted octanol–water partition coefficient (Wildman–Crippen LogP) is 3.73. The summed E-state index contributed by atoms with van der Waals surface area (Å²) in [6, 6.07) is 11.8. The summed E-state index contributed by atoms with van der Waals surface area (Å²) in [5.74, 6) is -1.15. The molecule has 1 amide bonds. The number of carbonyl (C=O) groups excluding carboxylic acids is 1. The van der Waals surface area contributed by atoms with Crippen LogP contribution in [0.4, 0.5) is 13.2 Å². The van der Waals surface area contributed by atoms with Gasteiger partial charge >= 0.3 is 6.18 Å². The Balaban J connectivity index is 1.66. The van der Waals surface area contributed by atoms with Gasteiger partial charge in [0.25, 0.3) is 5.91 Å². The molecule has 3 rings (SSSR count). The van der Waals surface area contributed by atoms with Crippen LogP contribution < -0.4 is 5.43 Å². The highest BCUT2D eigenvalue weighted by Gasteiger charge is 2.29. The molecule has 150 valence electrons. The number of carbonyl (C=O) groups is 1. The van der Waals surface area contributed by atoms with Crippen molar-refractivity contribution < 1.29 is 28.2 Å². The number of amides is 1. The average Bonchev–Trinajstić information content (AvgIpc) is 3.07. The third-order valence-electron chi connectivity index (χ3n) is 4.03. The number of nitrogens with one attached hydrogen (secondary N) is 1. The van der Waals surface area contributed by atoms with Gasteiger partial charge in [-0.05, 0) is 42.0 Å². The van der Waals surface area contributed by atoms with Crippen molar-refractivity contribution in [2.45, 2.75) is 12.7 Å². The molecular formula is C20H16F3N3O3. The minimum atomic E-state index is -4.38. The van der Waals surface area contributed by atoms with Crippen LogP contribution in [0.3, 0.4) is 0 Å². The number of benzene rings is 2. The van der Waals surface area contributed by atoms with E-state index in [2.05, 4.69) is 10.5 Å². The standard InChI is InChI=1S/C20H16F3N3O3/c21-20(22,23)15-5-3-13(4-6-15)12-26-7-1-2-16(26)11-24-25-19(29)14-8-17(27)10-18(28)9-14/h1-11,27-28H,12H2,(H,25,29)/b24-11+. The molecule has 0 aliphatic rings. The van der Waals surface area contributed by atoms with Crippen molar-refractivity contribution in [1.29, 1.82) is 0 Å². The maximum Gasteiger partial charge on any atom is 0.416 e. The first-order valence-corrected chi connectivity index (χ1v) is 8.40. The Bertz CT molecular complexity index is 1020. The second-order valence-corrected chi connectivity index (χ2v) is 6.19. The van der Waals surface area contributed by atoms with Crippen molar-refractivity contribution in [2.75, 3.05) is 0 Å². The fourth-order valence-electron chi connectivity index (χ4n) is 2.63. The third-order valence-corrected chi connectivity index (χ3v) is 4.03. The Morgan fingerprint density at radius 2 is 1.72 bits per heavy atom. The number of aromatic nitrogens is 1. The second kappa shape index (κ2) is 8.09. The van der Waals surface area contributed by atoms with E-state index in [1.807, 2.05) is 0 Å². The quantitative estimate of drug-likeness (QED) is 0.448. The van der Waals surface area contributed by atoms with Crippen molar-refractivity contribution in [2.24, 2.45) is 5.10 Å². The molecule has 0 fully saturated rings. The number of hydrogen-bond acceptors (Lipinski definition) is 4. The SMILES string of the molecule is O=C(N/N=C/c1cccn1Cc1ccc(C(F)(F)F)cc1)c1cc(O)cc(O)c1. The van der Waals surface area contributed by atoms with Gasteiger partial charge in [0.2, 0.25) is 0 Å². The zero-order valence-corrected chi connectivity index (χ0v) is 14.9. The lowest BCUT2D eigenvalue weighted by Crippen LogP contribution is -2.17. The van der Waals surface area contributed by atoms with Gasteiger partial charge in [0, 0.05) is 24.4 Å². The summed E-state index contributed by atoms with van der Waals surface area (Å²) in [7, 11) is 0. The van der Waals surface area contributed by atoms with E-state index in [4.69, 9.17) is 0 Å². The fraction of sp³-hybridized carbons (Fsp3) is 0.100. The molecule has 0 saturated carbocycles. The summed E-state index contributed by atoms with van der Waals surface area (Å²) < 4.78 is 39.7. The Morgan fingerprint density at radius 1 is 1.07 bits per heavy atom. The number of phenolic OH excluding ortho intramolecular Hbond substituents is 2. The summed E-state index contributed by atoms with van der Waals surface area (Å²) in [4.78, 5) is 12.0. The second-order valence-electron chi connectivity index (χ2n) is 6.19. The van der Waals surface area contributed by atoms with Gasteiger partial charge in [0.1, 0.15) is 11.5 Å². The molecule has 0 aliphatic heterocycles. The molecule has 2 aromatic carbocycles. The van der Waals surface area contributed by atoms with Gasteiger partial charge in [0.05, 0.1) is 17.5 Å². The zero-order chi connectivity index (χ0) is 21.0. The van der Waals surface area contributed by atoms with Crippen molar-refractivity contribution in [3.05, 3.63) is 83.2 Å². The van der Waals surface area contributed by atoms with Gasteiger partial charge in [-0.2, -0.15) is 18.3 Å². The molecule has 29 heavy (non-hydrogen) atoms. The first-order chi connectivity index (χ1) is 13.7.